The molecule has 0 atom stereocenters. The van der Waals surface area contributed by atoms with Crippen molar-refractivity contribution in [1.82, 2.24) is 0 Å². The molecule has 0 saturated heterocycles. The Kier molecular flexibility index (Phi) is 4.68. The van der Waals surface area contributed by atoms with Crippen molar-refractivity contribution in [3.05, 3.63) is 29.3 Å². The van der Waals surface area contributed by atoms with Gasteiger partial charge in [0.25, 0.3) is 6.43 Å². The van der Waals surface area contributed by atoms with Crippen molar-refractivity contribution in [2.75, 3.05) is 7.11 Å². The molecule has 0 aromatic heterocycles. The fourth-order valence-electron chi connectivity index (χ4n) is 1.41. The SMILES string of the molecule is COC(=O)Cc1c(OC(F)(F)F)cccc1C(F)F. The molecule has 0 aliphatic rings. The molecule has 0 bridgehead atoms. The highest BCUT2D eigenvalue weighted by molar-refractivity contribution is 5.74. The summed E-state index contributed by atoms with van der Waals surface area (Å²) < 4.78 is 69.7. The third-order valence-corrected chi connectivity index (χ3v) is 2.18. The lowest BCUT2D eigenvalue weighted by atomic mass is 10.0. The van der Waals surface area contributed by atoms with Crippen LogP contribution < -0.4 is 4.74 Å². The summed E-state index contributed by atoms with van der Waals surface area (Å²) in [6.45, 7) is 0. The van der Waals surface area contributed by atoms with Crippen LogP contribution in [0.1, 0.15) is 17.6 Å². The predicted molar refractivity (Wildman–Crippen MR) is 53.8 cm³/mol. The van der Waals surface area contributed by atoms with E-state index < -0.39 is 42.1 Å². The van der Waals surface area contributed by atoms with Crippen molar-refractivity contribution in [3.8, 4) is 5.75 Å². The van der Waals surface area contributed by atoms with E-state index in [1.807, 2.05) is 0 Å². The van der Waals surface area contributed by atoms with Crippen LogP contribution in [0.2, 0.25) is 0 Å². The van der Waals surface area contributed by atoms with E-state index in [1.165, 1.54) is 0 Å². The first-order chi connectivity index (χ1) is 8.74. The molecule has 0 amide bonds. The first-order valence-corrected chi connectivity index (χ1v) is 4.97. The summed E-state index contributed by atoms with van der Waals surface area (Å²) in [7, 11) is 0.998. The Hall–Kier alpha value is -1.86. The van der Waals surface area contributed by atoms with Gasteiger partial charge in [-0.05, 0) is 6.07 Å². The molecule has 0 aliphatic heterocycles. The number of hydrogen-bond donors (Lipinski definition) is 0. The number of ether oxygens (including phenoxy) is 2. The van der Waals surface area contributed by atoms with Crippen LogP contribution in [-0.2, 0) is 16.0 Å². The van der Waals surface area contributed by atoms with Crippen LogP contribution in [0.4, 0.5) is 22.0 Å². The number of rotatable bonds is 4. The lowest BCUT2D eigenvalue weighted by Gasteiger charge is -2.15. The minimum Gasteiger partial charge on any atom is -0.469 e. The second-order valence-corrected chi connectivity index (χ2v) is 3.43. The van der Waals surface area contributed by atoms with Gasteiger partial charge >= 0.3 is 12.3 Å². The monoisotopic (exact) mass is 284 g/mol. The Bertz CT molecular complexity index is 456. The van der Waals surface area contributed by atoms with E-state index in [0.29, 0.717) is 0 Å². The highest BCUT2D eigenvalue weighted by Crippen LogP contribution is 2.33. The van der Waals surface area contributed by atoms with Crippen LogP contribution in [0.25, 0.3) is 0 Å². The van der Waals surface area contributed by atoms with Gasteiger partial charge < -0.3 is 9.47 Å². The van der Waals surface area contributed by atoms with E-state index in [9.17, 15) is 26.7 Å². The minimum absolute atomic E-state index is 0.540. The molecule has 19 heavy (non-hydrogen) atoms. The molecule has 0 saturated carbocycles. The summed E-state index contributed by atoms with van der Waals surface area (Å²) in [5.74, 6) is -1.78. The first kappa shape index (κ1) is 15.2. The molecule has 0 N–H and O–H groups in total. The van der Waals surface area contributed by atoms with Crippen LogP contribution in [0.5, 0.6) is 5.75 Å². The number of carbonyl (C=O) groups is 1. The number of carbonyl (C=O) groups excluding carboxylic acids is 1. The topological polar surface area (TPSA) is 35.5 Å². The van der Waals surface area contributed by atoms with Gasteiger partial charge in [-0.1, -0.05) is 12.1 Å². The Morgan fingerprint density at radius 2 is 1.95 bits per heavy atom. The smallest absolute Gasteiger partial charge is 0.469 e. The third kappa shape index (κ3) is 4.38. The van der Waals surface area contributed by atoms with Gasteiger partial charge in [-0.2, -0.15) is 0 Å². The second-order valence-electron chi connectivity index (χ2n) is 3.43. The summed E-state index contributed by atoms with van der Waals surface area (Å²) in [6, 6.07) is 2.77. The van der Waals surface area contributed by atoms with Crippen LogP contribution in [0, 0.1) is 0 Å². The maximum absolute atomic E-state index is 12.7. The molecule has 106 valence electrons. The molecule has 1 rings (SSSR count). The lowest BCUT2D eigenvalue weighted by molar-refractivity contribution is -0.275. The molecular weight excluding hydrogens is 275 g/mol. The first-order valence-electron chi connectivity index (χ1n) is 4.97. The molecule has 0 spiro atoms. The molecule has 0 heterocycles. The quantitative estimate of drug-likeness (QED) is 0.629. The van der Waals surface area contributed by atoms with Crippen LogP contribution >= 0.6 is 0 Å². The van der Waals surface area contributed by atoms with Gasteiger partial charge in [-0.15, -0.1) is 13.2 Å². The zero-order chi connectivity index (χ0) is 14.6. The summed E-state index contributed by atoms with van der Waals surface area (Å²) in [5.41, 5.74) is -1.24. The number of halogens is 5. The van der Waals surface area contributed by atoms with E-state index in [4.69, 9.17) is 0 Å². The molecule has 0 aliphatic carbocycles. The zero-order valence-electron chi connectivity index (χ0n) is 9.63. The van der Waals surface area contributed by atoms with Crippen molar-refractivity contribution in [2.24, 2.45) is 0 Å². The predicted octanol–water partition coefficient (Wildman–Crippen LogP) is 3.24. The van der Waals surface area contributed by atoms with E-state index in [-0.39, 0.29) is 0 Å². The fourth-order valence-corrected chi connectivity index (χ4v) is 1.41. The standard InChI is InChI=1S/C11H9F5O3/c1-18-9(17)5-7-6(10(12)13)3-2-4-8(7)19-11(14,15)16/h2-4,10H,5H2,1H3. The Morgan fingerprint density at radius 3 is 2.42 bits per heavy atom. The number of methoxy groups -OCH3 is 1. The largest absolute Gasteiger partial charge is 0.573 e. The van der Waals surface area contributed by atoms with Crippen molar-refractivity contribution in [1.29, 1.82) is 0 Å². The zero-order valence-corrected chi connectivity index (χ0v) is 9.63. The summed E-state index contributed by atoms with van der Waals surface area (Å²) >= 11 is 0. The molecule has 0 fully saturated rings. The molecular formula is C11H9F5O3. The number of esters is 1. The normalized spacial score (nSPS) is 11.5. The minimum atomic E-state index is -5.04. The van der Waals surface area contributed by atoms with E-state index in [1.54, 1.807) is 0 Å². The average molecular weight is 284 g/mol. The molecule has 3 nitrogen and oxygen atoms in total. The van der Waals surface area contributed by atoms with Crippen molar-refractivity contribution in [2.45, 2.75) is 19.2 Å². The third-order valence-electron chi connectivity index (χ3n) is 2.18. The fraction of sp³-hybridized carbons (Fsp3) is 0.364. The maximum atomic E-state index is 12.7. The van der Waals surface area contributed by atoms with Gasteiger partial charge in [-0.3, -0.25) is 4.79 Å². The average Bonchev–Trinajstić information content (AvgIpc) is 2.28. The lowest BCUT2D eigenvalue weighted by Crippen LogP contribution is -2.19. The van der Waals surface area contributed by atoms with Gasteiger partial charge in [0.05, 0.1) is 13.5 Å². The Labute approximate surface area is 104 Å². The highest BCUT2D eigenvalue weighted by Gasteiger charge is 2.33. The van der Waals surface area contributed by atoms with Crippen LogP contribution in [-0.4, -0.2) is 19.4 Å². The van der Waals surface area contributed by atoms with E-state index >= 15 is 0 Å². The molecule has 8 heteroatoms. The van der Waals surface area contributed by atoms with Crippen LogP contribution in [0.3, 0.4) is 0 Å². The number of benzene rings is 1. The Morgan fingerprint density at radius 1 is 1.32 bits per heavy atom. The molecule has 0 radical (unpaired) electrons. The molecule has 0 unspecified atom stereocenters. The summed E-state index contributed by atoms with van der Waals surface area (Å²) in [6.07, 6.45) is -8.80. The number of hydrogen-bond acceptors (Lipinski definition) is 3. The summed E-state index contributed by atoms with van der Waals surface area (Å²) in [4.78, 5) is 11.1. The van der Waals surface area contributed by atoms with Gasteiger partial charge in [-0.25, -0.2) is 8.78 Å². The van der Waals surface area contributed by atoms with Gasteiger partial charge in [0, 0.05) is 11.1 Å². The van der Waals surface area contributed by atoms with Crippen molar-refractivity contribution in [3.63, 3.8) is 0 Å². The Balaban J connectivity index is 3.21. The maximum Gasteiger partial charge on any atom is 0.573 e. The van der Waals surface area contributed by atoms with E-state index in [2.05, 4.69) is 9.47 Å². The molecule has 1 aromatic rings. The molecule has 1 aromatic carbocycles. The van der Waals surface area contributed by atoms with E-state index in [0.717, 1.165) is 25.3 Å². The van der Waals surface area contributed by atoms with Gasteiger partial charge in [0.2, 0.25) is 0 Å². The highest BCUT2D eigenvalue weighted by atomic mass is 19.4. The second kappa shape index (κ2) is 5.85. The van der Waals surface area contributed by atoms with Crippen LogP contribution in [0.15, 0.2) is 18.2 Å². The van der Waals surface area contributed by atoms with Gasteiger partial charge in [0.15, 0.2) is 0 Å². The van der Waals surface area contributed by atoms with Crippen molar-refractivity contribution < 1.29 is 36.2 Å². The summed E-state index contributed by atoms with van der Waals surface area (Å²) in [5, 5.41) is 0. The van der Waals surface area contributed by atoms with Crippen molar-refractivity contribution >= 4 is 5.97 Å². The number of alkyl halides is 5. The van der Waals surface area contributed by atoms with Gasteiger partial charge in [0.1, 0.15) is 5.75 Å².